The molecule has 0 spiro atoms. The van der Waals surface area contributed by atoms with E-state index >= 15 is 0 Å². The maximum atomic E-state index is 15.0. The Morgan fingerprint density at radius 3 is 2.50 bits per heavy atom. The first-order chi connectivity index (χ1) is 19.3. The van der Waals surface area contributed by atoms with E-state index in [0.717, 1.165) is 44.2 Å². The fraction of sp³-hybridized carbons (Fsp3) is 0.429. The van der Waals surface area contributed by atoms with Gasteiger partial charge in [-0.2, -0.15) is 4.91 Å². The number of nitrogens with one attached hydrogen (secondary N) is 2. The molecule has 1 aliphatic rings. The summed E-state index contributed by atoms with van der Waals surface area (Å²) in [4.78, 5) is 29.9. The summed E-state index contributed by atoms with van der Waals surface area (Å²) in [7, 11) is 0. The van der Waals surface area contributed by atoms with E-state index in [1.54, 1.807) is 18.5 Å². The number of fused-ring (bicyclic) bond motifs is 1. The van der Waals surface area contributed by atoms with Crippen LogP contribution in [0.25, 0.3) is 22.2 Å². The minimum absolute atomic E-state index is 0.0696. The van der Waals surface area contributed by atoms with Crippen molar-refractivity contribution in [3.8, 4) is 11.1 Å². The maximum Gasteiger partial charge on any atom is 0.228 e. The lowest BCUT2D eigenvalue weighted by molar-refractivity contribution is 0.191. The highest BCUT2D eigenvalue weighted by Gasteiger charge is 2.20. The van der Waals surface area contributed by atoms with Gasteiger partial charge >= 0.3 is 0 Å². The fourth-order valence-corrected chi connectivity index (χ4v) is 5.29. The van der Waals surface area contributed by atoms with Gasteiger partial charge in [-0.05, 0) is 70.5 Å². The standard InChI is InChI=1S/C28H33F2N9O/c1-17(2)39-18(3)36-27-23(29)10-20(11-25(27)39)22-12-26(32-15-24(22)30)37-28-33-13-19(14-34-28)16-38-8-4-21(5-9-38)31-6-7-35-40/h10-15,17,21,31H,4-9,16H2,1-3H3,(H,32,33,34,37). The Kier molecular flexibility index (Phi) is 8.36. The van der Waals surface area contributed by atoms with Crippen molar-refractivity contribution in [2.24, 2.45) is 5.18 Å². The van der Waals surface area contributed by atoms with Gasteiger partial charge in [-0.3, -0.25) is 4.90 Å². The second-order valence-electron chi connectivity index (χ2n) is 10.4. The van der Waals surface area contributed by atoms with E-state index in [2.05, 4.69) is 40.6 Å². The predicted molar refractivity (Wildman–Crippen MR) is 150 cm³/mol. The van der Waals surface area contributed by atoms with E-state index in [-0.39, 0.29) is 17.1 Å². The third-order valence-corrected chi connectivity index (χ3v) is 7.18. The Hall–Kier alpha value is -3.90. The van der Waals surface area contributed by atoms with Gasteiger partial charge in [0.2, 0.25) is 5.95 Å². The lowest BCUT2D eigenvalue weighted by Gasteiger charge is -2.32. The summed E-state index contributed by atoms with van der Waals surface area (Å²) < 4.78 is 31.8. The summed E-state index contributed by atoms with van der Waals surface area (Å²) in [5, 5.41) is 9.28. The molecular weight excluding hydrogens is 516 g/mol. The smallest absolute Gasteiger partial charge is 0.228 e. The number of nitroso groups, excluding NO2 is 1. The van der Waals surface area contributed by atoms with Crippen LogP contribution in [0.2, 0.25) is 0 Å². The molecule has 0 unspecified atom stereocenters. The zero-order valence-electron chi connectivity index (χ0n) is 22.9. The Balaban J connectivity index is 1.26. The van der Waals surface area contributed by atoms with Crippen molar-refractivity contribution < 1.29 is 8.78 Å². The predicted octanol–water partition coefficient (Wildman–Crippen LogP) is 5.12. The van der Waals surface area contributed by atoms with E-state index in [1.807, 2.05) is 25.3 Å². The van der Waals surface area contributed by atoms with Crippen LogP contribution >= 0.6 is 0 Å². The number of aryl methyl sites for hydroxylation is 1. The zero-order valence-corrected chi connectivity index (χ0v) is 22.9. The van der Waals surface area contributed by atoms with Gasteiger partial charge in [0.05, 0.1) is 18.3 Å². The van der Waals surface area contributed by atoms with Crippen molar-refractivity contribution in [2.45, 2.75) is 52.2 Å². The second kappa shape index (κ2) is 12.1. The van der Waals surface area contributed by atoms with Crippen LogP contribution in [0.1, 0.15) is 44.1 Å². The number of imidazole rings is 1. The van der Waals surface area contributed by atoms with Crippen molar-refractivity contribution in [3.63, 3.8) is 0 Å². The molecule has 40 heavy (non-hydrogen) atoms. The lowest BCUT2D eigenvalue weighted by atomic mass is 10.0. The second-order valence-corrected chi connectivity index (χ2v) is 10.4. The number of likely N-dealkylation sites (tertiary alicyclic amines) is 1. The number of pyridine rings is 1. The molecule has 1 fully saturated rings. The summed E-state index contributed by atoms with van der Waals surface area (Å²) in [6.07, 6.45) is 6.65. The van der Waals surface area contributed by atoms with Gasteiger partial charge in [-0.25, -0.2) is 28.7 Å². The Morgan fingerprint density at radius 2 is 1.80 bits per heavy atom. The number of halogens is 2. The quantitative estimate of drug-likeness (QED) is 0.207. The number of nitrogens with zero attached hydrogens (tertiary/aromatic N) is 7. The average Bonchev–Trinajstić information content (AvgIpc) is 3.28. The van der Waals surface area contributed by atoms with Gasteiger partial charge in [-0.15, -0.1) is 0 Å². The van der Waals surface area contributed by atoms with Gasteiger partial charge in [0.15, 0.2) is 5.82 Å². The van der Waals surface area contributed by atoms with Crippen LogP contribution in [-0.4, -0.2) is 61.6 Å². The molecule has 4 heterocycles. The van der Waals surface area contributed by atoms with Crippen LogP contribution in [0, 0.1) is 23.5 Å². The molecule has 2 N–H and O–H groups in total. The highest BCUT2D eigenvalue weighted by molar-refractivity contribution is 5.84. The number of anilines is 2. The molecule has 210 valence electrons. The van der Waals surface area contributed by atoms with E-state index in [9.17, 15) is 13.7 Å². The third-order valence-electron chi connectivity index (χ3n) is 7.18. The van der Waals surface area contributed by atoms with Crippen molar-refractivity contribution >= 4 is 22.8 Å². The fourth-order valence-electron chi connectivity index (χ4n) is 5.29. The first kappa shape index (κ1) is 27.7. The lowest BCUT2D eigenvalue weighted by Crippen LogP contribution is -2.42. The summed E-state index contributed by atoms with van der Waals surface area (Å²) in [6.45, 7) is 9.37. The average molecular weight is 550 g/mol. The van der Waals surface area contributed by atoms with Crippen molar-refractivity contribution in [3.05, 3.63) is 64.7 Å². The molecule has 12 heteroatoms. The normalized spacial score (nSPS) is 14.8. The first-order valence-corrected chi connectivity index (χ1v) is 13.5. The number of aromatic nitrogens is 5. The summed E-state index contributed by atoms with van der Waals surface area (Å²) in [6, 6.07) is 5.06. The van der Waals surface area contributed by atoms with Crippen molar-refractivity contribution in [2.75, 3.05) is 31.5 Å². The number of piperidine rings is 1. The van der Waals surface area contributed by atoms with Crippen molar-refractivity contribution in [1.82, 2.24) is 34.7 Å². The molecule has 0 bridgehead atoms. The molecule has 4 aromatic rings. The Morgan fingerprint density at radius 1 is 1.05 bits per heavy atom. The molecule has 1 aliphatic heterocycles. The van der Waals surface area contributed by atoms with Crippen LogP contribution in [0.5, 0.6) is 0 Å². The largest absolute Gasteiger partial charge is 0.326 e. The molecule has 1 saturated heterocycles. The minimum atomic E-state index is -0.563. The number of hydrogen-bond donors (Lipinski definition) is 2. The van der Waals surface area contributed by atoms with Crippen molar-refractivity contribution in [1.29, 1.82) is 0 Å². The highest BCUT2D eigenvalue weighted by Crippen LogP contribution is 2.32. The van der Waals surface area contributed by atoms with Crippen LogP contribution < -0.4 is 10.6 Å². The molecule has 5 rings (SSSR count). The van der Waals surface area contributed by atoms with Gasteiger partial charge in [0, 0.05) is 48.7 Å². The van der Waals surface area contributed by atoms with Gasteiger partial charge < -0.3 is 15.2 Å². The van der Waals surface area contributed by atoms with E-state index in [4.69, 9.17) is 0 Å². The van der Waals surface area contributed by atoms with E-state index < -0.39 is 11.6 Å². The molecular formula is C28H33F2N9O. The van der Waals surface area contributed by atoms with Gasteiger partial charge in [0.1, 0.15) is 23.0 Å². The minimum Gasteiger partial charge on any atom is -0.326 e. The van der Waals surface area contributed by atoms with Crippen LogP contribution in [0.15, 0.2) is 42.0 Å². The molecule has 0 aliphatic carbocycles. The van der Waals surface area contributed by atoms with Gasteiger partial charge in [-0.1, -0.05) is 5.18 Å². The maximum absolute atomic E-state index is 15.0. The van der Waals surface area contributed by atoms with Gasteiger partial charge in [0.25, 0.3) is 0 Å². The first-order valence-electron chi connectivity index (χ1n) is 13.5. The summed E-state index contributed by atoms with van der Waals surface area (Å²) in [5.74, 6) is 0.306. The summed E-state index contributed by atoms with van der Waals surface area (Å²) in [5.41, 5.74) is 2.47. The summed E-state index contributed by atoms with van der Waals surface area (Å²) >= 11 is 0. The molecule has 0 atom stereocenters. The number of benzene rings is 1. The van der Waals surface area contributed by atoms with E-state index in [1.165, 1.54) is 12.1 Å². The topological polar surface area (TPSA) is 113 Å². The number of hydrogen-bond acceptors (Lipinski definition) is 9. The molecule has 0 saturated carbocycles. The Labute approximate surface area is 231 Å². The SMILES string of the molecule is Cc1nc2c(F)cc(-c3cc(Nc4ncc(CN5CCC(NCCN=O)CC5)cn4)ncc3F)cc2n1C(C)C. The molecule has 3 aromatic heterocycles. The molecule has 1 aromatic carbocycles. The third kappa shape index (κ3) is 6.13. The molecule has 0 radical (unpaired) electrons. The molecule has 0 amide bonds. The van der Waals surface area contributed by atoms with E-state index in [0.29, 0.717) is 47.8 Å². The highest BCUT2D eigenvalue weighted by atomic mass is 19.1. The van der Waals surface area contributed by atoms with Crippen LogP contribution in [0.4, 0.5) is 20.5 Å². The zero-order chi connectivity index (χ0) is 28.2. The molecule has 10 nitrogen and oxygen atoms in total. The van der Waals surface area contributed by atoms with Crippen LogP contribution in [0.3, 0.4) is 0 Å². The number of rotatable bonds is 10. The Bertz CT molecular complexity index is 1480. The van der Waals surface area contributed by atoms with Crippen LogP contribution in [-0.2, 0) is 6.54 Å². The monoisotopic (exact) mass is 549 g/mol.